The van der Waals surface area contributed by atoms with Crippen LogP contribution in [0, 0.1) is 0 Å². The van der Waals surface area contributed by atoms with Crippen LogP contribution in [0.2, 0.25) is 0 Å². The van der Waals surface area contributed by atoms with E-state index in [-0.39, 0.29) is 13.1 Å². The Morgan fingerprint density at radius 1 is 1.80 bits per heavy atom. The Morgan fingerprint density at radius 2 is 2.60 bits per heavy atom. The summed E-state index contributed by atoms with van der Waals surface area (Å²) in [5.74, 6) is -0.985. The molecule has 0 aliphatic carbocycles. The largest absolute Gasteiger partial charge is 0.480 e. The van der Waals surface area contributed by atoms with E-state index in [2.05, 4.69) is 5.32 Å². The molecule has 0 amide bonds. The molecule has 4 nitrogen and oxygen atoms in total. The lowest BCUT2D eigenvalue weighted by atomic mass is 10.3. The average Bonchev–Trinajstić information content (AvgIpc) is 1.92. The molecule has 10 heavy (non-hydrogen) atoms. The van der Waals surface area contributed by atoms with Gasteiger partial charge in [-0.25, -0.2) is 0 Å². The standard InChI is InChI=1S/C6H12N2O2/c9-6(10)5-8-3-1-7-2-4-8/h7H,1-5H2,(H,9,10)/i3D2. The highest BCUT2D eigenvalue weighted by molar-refractivity contribution is 5.69. The zero-order chi connectivity index (χ0) is 9.19. The average molecular weight is 146 g/mol. The molecule has 0 bridgehead atoms. The van der Waals surface area contributed by atoms with Gasteiger partial charge in [0.05, 0.1) is 6.54 Å². The Hall–Kier alpha value is -0.610. The van der Waals surface area contributed by atoms with Gasteiger partial charge in [0.25, 0.3) is 0 Å². The van der Waals surface area contributed by atoms with Gasteiger partial charge >= 0.3 is 5.97 Å². The molecule has 1 aliphatic heterocycles. The van der Waals surface area contributed by atoms with Crippen molar-refractivity contribution in [3.05, 3.63) is 0 Å². The number of nitrogens with zero attached hydrogens (tertiary/aromatic N) is 1. The molecule has 1 fully saturated rings. The summed E-state index contributed by atoms with van der Waals surface area (Å²) in [7, 11) is 0. The maximum Gasteiger partial charge on any atom is 0.317 e. The Kier molecular flexibility index (Phi) is 1.80. The third kappa shape index (κ3) is 2.33. The van der Waals surface area contributed by atoms with E-state index in [0.29, 0.717) is 13.1 Å². The maximum atomic E-state index is 10.3. The van der Waals surface area contributed by atoms with E-state index in [1.54, 1.807) is 0 Å². The fourth-order valence-electron chi connectivity index (χ4n) is 0.847. The summed E-state index contributed by atoms with van der Waals surface area (Å²) in [4.78, 5) is 11.7. The summed E-state index contributed by atoms with van der Waals surface area (Å²) in [6, 6.07) is 0. The topological polar surface area (TPSA) is 52.6 Å². The van der Waals surface area contributed by atoms with Gasteiger partial charge in [-0.05, 0) is 0 Å². The number of carboxylic acids is 1. The smallest absolute Gasteiger partial charge is 0.317 e. The van der Waals surface area contributed by atoms with Crippen LogP contribution < -0.4 is 5.32 Å². The first-order valence-corrected chi connectivity index (χ1v) is 3.20. The summed E-state index contributed by atoms with van der Waals surface area (Å²) >= 11 is 0. The first kappa shape index (κ1) is 5.09. The highest BCUT2D eigenvalue weighted by Gasteiger charge is 2.11. The third-order valence-corrected chi connectivity index (χ3v) is 1.31. The van der Waals surface area contributed by atoms with Crippen molar-refractivity contribution in [1.29, 1.82) is 0 Å². The lowest BCUT2D eigenvalue weighted by Crippen LogP contribution is -2.45. The molecule has 2 N–H and O–H groups in total. The van der Waals surface area contributed by atoms with E-state index in [4.69, 9.17) is 7.85 Å². The van der Waals surface area contributed by atoms with Crippen LogP contribution >= 0.6 is 0 Å². The number of hydrogen-bond acceptors (Lipinski definition) is 3. The van der Waals surface area contributed by atoms with Crippen LogP contribution in [0.3, 0.4) is 0 Å². The number of rotatable bonds is 2. The first-order valence-electron chi connectivity index (χ1n) is 4.20. The fourth-order valence-corrected chi connectivity index (χ4v) is 0.847. The van der Waals surface area contributed by atoms with Crippen LogP contribution in [-0.2, 0) is 4.79 Å². The molecule has 0 atom stereocenters. The predicted molar refractivity (Wildman–Crippen MR) is 36.9 cm³/mol. The van der Waals surface area contributed by atoms with Gasteiger partial charge in [0.1, 0.15) is 0 Å². The molecule has 0 unspecified atom stereocenters. The van der Waals surface area contributed by atoms with Gasteiger partial charge in [-0.15, -0.1) is 0 Å². The van der Waals surface area contributed by atoms with Crippen LogP contribution in [-0.4, -0.2) is 48.7 Å². The van der Waals surface area contributed by atoms with Crippen molar-refractivity contribution in [1.82, 2.24) is 10.2 Å². The fraction of sp³-hybridized carbons (Fsp3) is 0.833. The number of carboxylic acid groups (broad SMARTS) is 1. The minimum absolute atomic E-state index is 0.195. The minimum atomic E-state index is -1.53. The number of piperazine rings is 1. The predicted octanol–water partition coefficient (Wildman–Crippen LogP) is -1.02. The van der Waals surface area contributed by atoms with Crippen molar-refractivity contribution < 1.29 is 12.6 Å². The van der Waals surface area contributed by atoms with Gasteiger partial charge in [0.2, 0.25) is 0 Å². The zero-order valence-corrected chi connectivity index (χ0v) is 5.63. The van der Waals surface area contributed by atoms with Gasteiger partial charge in [-0.3, -0.25) is 9.69 Å². The monoisotopic (exact) mass is 146 g/mol. The van der Waals surface area contributed by atoms with Crippen molar-refractivity contribution in [2.24, 2.45) is 0 Å². The second-order valence-electron chi connectivity index (χ2n) is 2.15. The van der Waals surface area contributed by atoms with Crippen LogP contribution in [0.4, 0.5) is 0 Å². The van der Waals surface area contributed by atoms with E-state index in [1.807, 2.05) is 0 Å². The zero-order valence-electron chi connectivity index (χ0n) is 7.63. The Labute approximate surface area is 62.6 Å². The van der Waals surface area contributed by atoms with Crippen LogP contribution in [0.5, 0.6) is 0 Å². The Morgan fingerprint density at radius 3 is 3.20 bits per heavy atom. The molecular formula is C6H12N2O2. The van der Waals surface area contributed by atoms with E-state index in [1.165, 1.54) is 4.90 Å². The highest BCUT2D eigenvalue weighted by atomic mass is 16.4. The van der Waals surface area contributed by atoms with Crippen molar-refractivity contribution >= 4 is 5.97 Å². The van der Waals surface area contributed by atoms with E-state index < -0.39 is 12.5 Å². The summed E-state index contributed by atoms with van der Waals surface area (Å²) in [6.45, 7) is -0.475. The van der Waals surface area contributed by atoms with Crippen molar-refractivity contribution in [3.8, 4) is 0 Å². The first-order chi connectivity index (χ1) is 5.52. The van der Waals surface area contributed by atoms with Crippen LogP contribution in [0.1, 0.15) is 2.74 Å². The van der Waals surface area contributed by atoms with Crippen molar-refractivity contribution in [2.75, 3.05) is 32.7 Å². The molecule has 0 saturated carbocycles. The molecule has 4 heteroatoms. The van der Waals surface area contributed by atoms with Crippen LogP contribution in [0.15, 0.2) is 0 Å². The van der Waals surface area contributed by atoms with Gasteiger partial charge in [0.15, 0.2) is 0 Å². The van der Waals surface area contributed by atoms with E-state index in [0.717, 1.165) is 0 Å². The molecule has 0 aromatic rings. The molecule has 0 aromatic heterocycles. The summed E-state index contributed by atoms with van der Waals surface area (Å²) < 4.78 is 14.9. The number of carbonyl (C=O) groups is 1. The molecule has 1 heterocycles. The molecule has 0 aromatic carbocycles. The highest BCUT2D eigenvalue weighted by Crippen LogP contribution is 1.89. The SMILES string of the molecule is [2H]C1([2H])CNCCN1CC(=O)O. The van der Waals surface area contributed by atoms with Gasteiger partial charge in [0, 0.05) is 28.9 Å². The number of aliphatic carboxylic acids is 1. The Bertz CT molecular complexity index is 186. The quantitative estimate of drug-likeness (QED) is 0.523. The van der Waals surface area contributed by atoms with Crippen molar-refractivity contribution in [3.63, 3.8) is 0 Å². The number of nitrogens with one attached hydrogen (secondary N) is 1. The molecule has 58 valence electrons. The maximum absolute atomic E-state index is 10.3. The molecule has 1 rings (SSSR count). The van der Waals surface area contributed by atoms with E-state index in [9.17, 15) is 4.79 Å². The van der Waals surface area contributed by atoms with Gasteiger partial charge in [-0.2, -0.15) is 0 Å². The molecule has 0 radical (unpaired) electrons. The summed E-state index contributed by atoms with van der Waals surface area (Å²) in [5, 5.41) is 11.3. The molecular weight excluding hydrogens is 132 g/mol. The second kappa shape index (κ2) is 3.53. The molecule has 0 spiro atoms. The molecule has 1 saturated heterocycles. The van der Waals surface area contributed by atoms with E-state index >= 15 is 0 Å². The Balaban J connectivity index is 2.54. The van der Waals surface area contributed by atoms with Crippen LogP contribution in [0.25, 0.3) is 0 Å². The third-order valence-electron chi connectivity index (χ3n) is 1.31. The summed E-state index contributed by atoms with van der Waals surface area (Å²) in [5.41, 5.74) is 0. The van der Waals surface area contributed by atoms with Gasteiger partial charge < -0.3 is 10.4 Å². The molecule has 1 aliphatic rings. The second-order valence-corrected chi connectivity index (χ2v) is 2.15. The lowest BCUT2D eigenvalue weighted by Gasteiger charge is -2.25. The lowest BCUT2D eigenvalue weighted by molar-refractivity contribution is -0.138. The summed E-state index contributed by atoms with van der Waals surface area (Å²) in [6.07, 6.45) is 0. The normalized spacial score (nSPS) is 28.8. The number of hydrogen-bond donors (Lipinski definition) is 2. The minimum Gasteiger partial charge on any atom is -0.480 e. The van der Waals surface area contributed by atoms with Gasteiger partial charge in [-0.1, -0.05) is 0 Å². The van der Waals surface area contributed by atoms with Crippen molar-refractivity contribution in [2.45, 2.75) is 0 Å².